The molecule has 0 spiro atoms. The first-order valence-electron chi connectivity index (χ1n) is 6.53. The lowest BCUT2D eigenvalue weighted by Crippen LogP contribution is -2.45. The maximum atomic E-state index is 12.0. The molecular weight excluding hydrogens is 244 g/mol. The van der Waals surface area contributed by atoms with Crippen LogP contribution in [-0.4, -0.2) is 41.6 Å². The van der Waals surface area contributed by atoms with Crippen molar-refractivity contribution in [1.29, 1.82) is 0 Å². The Bertz CT molecular complexity index is 417. The lowest BCUT2D eigenvalue weighted by Gasteiger charge is -2.26. The number of nitrogens with one attached hydrogen (secondary N) is 1. The predicted octanol–water partition coefficient (Wildman–Crippen LogP) is 2.30. The van der Waals surface area contributed by atoms with E-state index in [2.05, 4.69) is 29.6 Å². The second kappa shape index (κ2) is 5.22. The molecule has 2 fully saturated rings. The normalized spacial score (nSPS) is 26.8. The van der Waals surface area contributed by atoms with E-state index >= 15 is 0 Å². The molecule has 1 saturated carbocycles. The van der Waals surface area contributed by atoms with E-state index < -0.39 is 0 Å². The number of urea groups is 1. The van der Waals surface area contributed by atoms with E-state index in [1.54, 1.807) is 0 Å². The Morgan fingerprint density at radius 2 is 1.94 bits per heavy atom. The highest BCUT2D eigenvalue weighted by Crippen LogP contribution is 2.40. The summed E-state index contributed by atoms with van der Waals surface area (Å²) in [6, 6.07) is 10.9. The fourth-order valence-electron chi connectivity index (χ4n) is 2.44. The monoisotopic (exact) mass is 262 g/mol. The molecule has 1 aliphatic heterocycles. The van der Waals surface area contributed by atoms with Crippen LogP contribution in [0.3, 0.4) is 0 Å². The summed E-state index contributed by atoms with van der Waals surface area (Å²) in [6.07, 6.45) is 1.08. The van der Waals surface area contributed by atoms with Crippen LogP contribution in [0.4, 0.5) is 4.79 Å². The highest BCUT2D eigenvalue weighted by molar-refractivity contribution is 7.99. The van der Waals surface area contributed by atoms with Gasteiger partial charge in [0.25, 0.3) is 0 Å². The zero-order valence-corrected chi connectivity index (χ0v) is 11.2. The van der Waals surface area contributed by atoms with Crippen LogP contribution in [-0.2, 0) is 0 Å². The first-order chi connectivity index (χ1) is 8.84. The van der Waals surface area contributed by atoms with Gasteiger partial charge in [0.2, 0.25) is 0 Å². The van der Waals surface area contributed by atoms with Crippen molar-refractivity contribution in [2.45, 2.75) is 18.4 Å². The molecule has 18 heavy (non-hydrogen) atoms. The fraction of sp³-hybridized carbons (Fsp3) is 0.500. The molecule has 2 amide bonds. The summed E-state index contributed by atoms with van der Waals surface area (Å²) >= 11 is 1.93. The summed E-state index contributed by atoms with van der Waals surface area (Å²) in [5, 5.41) is 3.15. The standard InChI is InChI=1S/C14H18N2OS/c17-14(16-6-8-18-9-7-16)15-13-10-12(13)11-4-2-1-3-5-11/h1-5,12-13H,6-10H2,(H,15,17). The molecule has 0 aromatic heterocycles. The molecule has 1 aliphatic carbocycles. The summed E-state index contributed by atoms with van der Waals surface area (Å²) in [6.45, 7) is 1.78. The SMILES string of the molecule is O=C(NC1CC1c1ccccc1)N1CCSCC1. The molecule has 3 rings (SSSR count). The number of rotatable bonds is 2. The van der Waals surface area contributed by atoms with Gasteiger partial charge in [-0.3, -0.25) is 0 Å². The van der Waals surface area contributed by atoms with Gasteiger partial charge in [-0.15, -0.1) is 0 Å². The van der Waals surface area contributed by atoms with Crippen LogP contribution in [0.1, 0.15) is 17.9 Å². The predicted molar refractivity (Wildman–Crippen MR) is 75.0 cm³/mol. The second-order valence-corrected chi connectivity index (χ2v) is 6.13. The van der Waals surface area contributed by atoms with Crippen molar-refractivity contribution in [3.8, 4) is 0 Å². The van der Waals surface area contributed by atoms with Crippen molar-refractivity contribution >= 4 is 17.8 Å². The van der Waals surface area contributed by atoms with E-state index in [9.17, 15) is 4.79 Å². The van der Waals surface area contributed by atoms with E-state index in [4.69, 9.17) is 0 Å². The van der Waals surface area contributed by atoms with Gasteiger partial charge in [0, 0.05) is 36.6 Å². The van der Waals surface area contributed by atoms with Crippen molar-refractivity contribution in [2.75, 3.05) is 24.6 Å². The molecule has 1 heterocycles. The van der Waals surface area contributed by atoms with Gasteiger partial charge < -0.3 is 10.2 Å². The van der Waals surface area contributed by atoms with E-state index in [1.807, 2.05) is 22.7 Å². The molecule has 2 aliphatic rings. The van der Waals surface area contributed by atoms with Crippen LogP contribution in [0.2, 0.25) is 0 Å². The van der Waals surface area contributed by atoms with E-state index in [0.717, 1.165) is 31.0 Å². The largest absolute Gasteiger partial charge is 0.335 e. The van der Waals surface area contributed by atoms with Gasteiger partial charge in [-0.25, -0.2) is 4.79 Å². The summed E-state index contributed by atoms with van der Waals surface area (Å²) in [4.78, 5) is 14.0. The van der Waals surface area contributed by atoms with Gasteiger partial charge in [0.1, 0.15) is 0 Å². The lowest BCUT2D eigenvalue weighted by molar-refractivity contribution is 0.202. The van der Waals surface area contributed by atoms with Crippen LogP contribution in [0.25, 0.3) is 0 Å². The molecule has 1 saturated heterocycles. The zero-order valence-electron chi connectivity index (χ0n) is 10.3. The van der Waals surface area contributed by atoms with Crippen molar-refractivity contribution in [1.82, 2.24) is 10.2 Å². The van der Waals surface area contributed by atoms with Crippen molar-refractivity contribution in [3.05, 3.63) is 35.9 Å². The Morgan fingerprint density at radius 1 is 1.22 bits per heavy atom. The first-order valence-corrected chi connectivity index (χ1v) is 7.68. The summed E-state index contributed by atoms with van der Waals surface area (Å²) in [5.41, 5.74) is 1.34. The van der Waals surface area contributed by atoms with Crippen LogP contribution >= 0.6 is 11.8 Å². The Balaban J connectivity index is 1.51. The quantitative estimate of drug-likeness (QED) is 0.887. The number of hydrogen-bond acceptors (Lipinski definition) is 2. The number of hydrogen-bond donors (Lipinski definition) is 1. The molecule has 2 atom stereocenters. The van der Waals surface area contributed by atoms with Gasteiger partial charge in [-0.1, -0.05) is 30.3 Å². The molecule has 0 bridgehead atoms. The van der Waals surface area contributed by atoms with E-state index in [1.165, 1.54) is 5.56 Å². The number of carbonyl (C=O) groups excluding carboxylic acids is 1. The van der Waals surface area contributed by atoms with Crippen molar-refractivity contribution in [3.63, 3.8) is 0 Å². The third-order valence-corrected chi connectivity index (χ3v) is 4.57. The third kappa shape index (κ3) is 2.64. The minimum absolute atomic E-state index is 0.124. The van der Waals surface area contributed by atoms with Crippen LogP contribution in [0, 0.1) is 0 Å². The van der Waals surface area contributed by atoms with Crippen LogP contribution < -0.4 is 5.32 Å². The summed E-state index contributed by atoms with van der Waals surface area (Å²) in [5.74, 6) is 2.66. The Kier molecular flexibility index (Phi) is 3.46. The number of thioether (sulfide) groups is 1. The molecule has 96 valence electrons. The maximum absolute atomic E-state index is 12.0. The molecule has 4 heteroatoms. The number of carbonyl (C=O) groups is 1. The first kappa shape index (κ1) is 11.9. The average molecular weight is 262 g/mol. The molecular formula is C14H18N2OS. The fourth-order valence-corrected chi connectivity index (χ4v) is 3.34. The number of benzene rings is 1. The molecule has 2 unspecified atom stereocenters. The molecule has 3 nitrogen and oxygen atoms in total. The topological polar surface area (TPSA) is 32.3 Å². The number of amides is 2. The van der Waals surface area contributed by atoms with Gasteiger partial charge in [-0.05, 0) is 12.0 Å². The minimum atomic E-state index is 0.124. The third-order valence-electron chi connectivity index (χ3n) is 3.63. The minimum Gasteiger partial charge on any atom is -0.335 e. The van der Waals surface area contributed by atoms with E-state index in [0.29, 0.717) is 12.0 Å². The van der Waals surface area contributed by atoms with Gasteiger partial charge in [0.05, 0.1) is 0 Å². The summed E-state index contributed by atoms with van der Waals surface area (Å²) in [7, 11) is 0. The molecule has 0 radical (unpaired) electrons. The Morgan fingerprint density at radius 3 is 2.67 bits per heavy atom. The second-order valence-electron chi connectivity index (χ2n) is 4.91. The maximum Gasteiger partial charge on any atom is 0.317 e. The highest BCUT2D eigenvalue weighted by Gasteiger charge is 2.40. The van der Waals surface area contributed by atoms with Crippen molar-refractivity contribution < 1.29 is 4.79 Å². The lowest BCUT2D eigenvalue weighted by atomic mass is 10.1. The summed E-state index contributed by atoms with van der Waals surface area (Å²) < 4.78 is 0. The van der Waals surface area contributed by atoms with E-state index in [-0.39, 0.29) is 6.03 Å². The van der Waals surface area contributed by atoms with Crippen LogP contribution in [0.15, 0.2) is 30.3 Å². The van der Waals surface area contributed by atoms with Gasteiger partial charge in [0.15, 0.2) is 0 Å². The average Bonchev–Trinajstić information content (AvgIpc) is 3.20. The Labute approximate surface area is 112 Å². The van der Waals surface area contributed by atoms with Crippen LogP contribution in [0.5, 0.6) is 0 Å². The van der Waals surface area contributed by atoms with Gasteiger partial charge in [-0.2, -0.15) is 11.8 Å². The molecule has 1 aromatic carbocycles. The Hall–Kier alpha value is -1.16. The zero-order chi connectivity index (χ0) is 12.4. The number of nitrogens with zero attached hydrogens (tertiary/aromatic N) is 1. The smallest absolute Gasteiger partial charge is 0.317 e. The van der Waals surface area contributed by atoms with Gasteiger partial charge >= 0.3 is 6.03 Å². The molecule has 1 N–H and O–H groups in total. The van der Waals surface area contributed by atoms with Crippen molar-refractivity contribution in [2.24, 2.45) is 0 Å². The highest BCUT2D eigenvalue weighted by atomic mass is 32.2. The molecule has 1 aromatic rings.